The molecule has 2 fully saturated rings. The lowest BCUT2D eigenvalue weighted by atomic mass is 9.75. The third-order valence-corrected chi connectivity index (χ3v) is 4.92. The van der Waals surface area contributed by atoms with Crippen molar-refractivity contribution in [2.24, 2.45) is 11.3 Å². The molecule has 2 aliphatic heterocycles. The molecule has 0 aromatic rings. The van der Waals surface area contributed by atoms with Crippen molar-refractivity contribution in [3.63, 3.8) is 0 Å². The average molecular weight is 296 g/mol. The molecule has 2 heterocycles. The van der Waals surface area contributed by atoms with E-state index in [4.69, 9.17) is 0 Å². The van der Waals surface area contributed by atoms with E-state index in [1.54, 1.807) is 0 Å². The van der Waals surface area contributed by atoms with Gasteiger partial charge in [0.25, 0.3) is 0 Å². The van der Waals surface area contributed by atoms with Gasteiger partial charge in [0.2, 0.25) is 0 Å². The Hall–Kier alpha value is -0.810. The molecule has 0 radical (unpaired) electrons. The van der Waals surface area contributed by atoms with Crippen molar-refractivity contribution in [2.45, 2.75) is 33.6 Å². The number of piperidine rings is 1. The summed E-state index contributed by atoms with van der Waals surface area (Å²) in [4.78, 5) is 16.6. The van der Waals surface area contributed by atoms with Gasteiger partial charge in [-0.2, -0.15) is 0 Å². The zero-order chi connectivity index (χ0) is 15.3. The molecule has 0 unspecified atom stereocenters. The molecule has 122 valence electrons. The second-order valence-corrected chi connectivity index (χ2v) is 7.45. The van der Waals surface area contributed by atoms with E-state index in [0.717, 1.165) is 71.1 Å². The summed E-state index contributed by atoms with van der Waals surface area (Å²) in [5.74, 6) is 0.738. The molecular formula is C16H32N4O. The summed E-state index contributed by atoms with van der Waals surface area (Å²) in [7, 11) is 0. The van der Waals surface area contributed by atoms with Crippen LogP contribution in [-0.2, 0) is 0 Å². The van der Waals surface area contributed by atoms with Gasteiger partial charge in [-0.05, 0) is 24.2 Å². The Kier molecular flexibility index (Phi) is 5.88. The summed E-state index contributed by atoms with van der Waals surface area (Å²) in [6, 6.07) is 0.123. The first-order valence-corrected chi connectivity index (χ1v) is 8.42. The summed E-state index contributed by atoms with van der Waals surface area (Å²) < 4.78 is 0. The average Bonchev–Trinajstić information content (AvgIpc) is 2.47. The Bertz CT molecular complexity index is 326. The highest BCUT2D eigenvalue weighted by molar-refractivity contribution is 5.74. The number of nitrogens with one attached hydrogen (secondary N) is 2. The minimum absolute atomic E-state index is 0.123. The Balaban J connectivity index is 1.63. The lowest BCUT2D eigenvalue weighted by Gasteiger charge is -2.38. The first-order valence-electron chi connectivity index (χ1n) is 8.42. The van der Waals surface area contributed by atoms with Gasteiger partial charge in [0, 0.05) is 52.4 Å². The third-order valence-electron chi connectivity index (χ3n) is 4.92. The van der Waals surface area contributed by atoms with Gasteiger partial charge >= 0.3 is 6.03 Å². The third kappa shape index (κ3) is 5.15. The Morgan fingerprint density at radius 2 is 1.76 bits per heavy atom. The molecule has 2 rings (SSSR count). The van der Waals surface area contributed by atoms with Crippen LogP contribution >= 0.6 is 0 Å². The molecule has 0 aromatic carbocycles. The van der Waals surface area contributed by atoms with Crippen molar-refractivity contribution in [2.75, 3.05) is 52.4 Å². The van der Waals surface area contributed by atoms with Crippen LogP contribution in [-0.4, -0.2) is 68.2 Å². The number of rotatable bonds is 3. The van der Waals surface area contributed by atoms with Gasteiger partial charge in [-0.15, -0.1) is 0 Å². The van der Waals surface area contributed by atoms with Crippen LogP contribution in [0.4, 0.5) is 4.79 Å². The zero-order valence-electron chi connectivity index (χ0n) is 14.0. The summed E-state index contributed by atoms with van der Waals surface area (Å²) >= 11 is 0. The number of hydrogen-bond acceptors (Lipinski definition) is 3. The summed E-state index contributed by atoms with van der Waals surface area (Å²) in [5, 5.41) is 6.42. The normalized spacial score (nSPS) is 22.3. The van der Waals surface area contributed by atoms with Gasteiger partial charge in [-0.25, -0.2) is 4.79 Å². The smallest absolute Gasteiger partial charge is 0.317 e. The largest absolute Gasteiger partial charge is 0.337 e. The van der Waals surface area contributed by atoms with E-state index in [0.29, 0.717) is 5.41 Å². The van der Waals surface area contributed by atoms with Crippen molar-refractivity contribution in [3.05, 3.63) is 0 Å². The Morgan fingerprint density at radius 3 is 2.33 bits per heavy atom. The summed E-state index contributed by atoms with van der Waals surface area (Å²) in [6.45, 7) is 14.8. The molecule has 2 aliphatic rings. The van der Waals surface area contributed by atoms with Crippen LogP contribution in [0.15, 0.2) is 0 Å². The fourth-order valence-corrected chi connectivity index (χ4v) is 3.32. The molecule has 0 aromatic heterocycles. The molecule has 2 N–H and O–H groups in total. The Labute approximate surface area is 129 Å². The molecule has 5 nitrogen and oxygen atoms in total. The molecule has 5 heteroatoms. The van der Waals surface area contributed by atoms with Crippen molar-refractivity contribution in [1.29, 1.82) is 0 Å². The summed E-state index contributed by atoms with van der Waals surface area (Å²) in [6.07, 6.45) is 2.27. The quantitative estimate of drug-likeness (QED) is 0.827. The minimum atomic E-state index is 0.123. The monoisotopic (exact) mass is 296 g/mol. The number of amides is 2. The highest BCUT2D eigenvalue weighted by Crippen LogP contribution is 2.34. The standard InChI is InChI=1S/C16H32N4O/c1-16(2,3)14-4-9-20(10-5-14)15(21)18-8-13-19-11-6-17-7-12-19/h14,17H,4-13H2,1-3H3,(H,18,21). The lowest BCUT2D eigenvalue weighted by molar-refractivity contribution is 0.121. The highest BCUT2D eigenvalue weighted by Gasteiger charge is 2.30. The van der Waals surface area contributed by atoms with Gasteiger partial charge in [0.15, 0.2) is 0 Å². The molecule has 2 saturated heterocycles. The van der Waals surface area contributed by atoms with Crippen molar-refractivity contribution >= 4 is 6.03 Å². The van der Waals surface area contributed by atoms with Crippen LogP contribution in [0.5, 0.6) is 0 Å². The fraction of sp³-hybridized carbons (Fsp3) is 0.938. The molecule has 0 atom stereocenters. The second-order valence-electron chi connectivity index (χ2n) is 7.45. The SMILES string of the molecule is CC(C)(C)C1CCN(C(=O)NCCN2CCNCC2)CC1. The molecule has 21 heavy (non-hydrogen) atoms. The number of carbonyl (C=O) groups is 1. The van der Waals surface area contributed by atoms with Crippen molar-refractivity contribution < 1.29 is 4.79 Å². The van der Waals surface area contributed by atoms with E-state index in [2.05, 4.69) is 36.3 Å². The van der Waals surface area contributed by atoms with E-state index in [1.165, 1.54) is 0 Å². The lowest BCUT2D eigenvalue weighted by Crippen LogP contribution is -2.49. The van der Waals surface area contributed by atoms with Crippen molar-refractivity contribution in [1.82, 2.24) is 20.4 Å². The van der Waals surface area contributed by atoms with Gasteiger partial charge in [-0.1, -0.05) is 20.8 Å². The summed E-state index contributed by atoms with van der Waals surface area (Å²) in [5.41, 5.74) is 0.366. The first kappa shape index (κ1) is 16.6. The number of piperazine rings is 1. The number of urea groups is 1. The number of carbonyl (C=O) groups excluding carboxylic acids is 1. The van der Waals surface area contributed by atoms with E-state index < -0.39 is 0 Å². The van der Waals surface area contributed by atoms with E-state index >= 15 is 0 Å². The van der Waals surface area contributed by atoms with Crippen LogP contribution in [0.3, 0.4) is 0 Å². The molecule has 0 bridgehead atoms. The van der Waals surface area contributed by atoms with E-state index in [9.17, 15) is 4.79 Å². The van der Waals surface area contributed by atoms with Gasteiger partial charge < -0.3 is 15.5 Å². The topological polar surface area (TPSA) is 47.6 Å². The van der Waals surface area contributed by atoms with E-state index in [-0.39, 0.29) is 6.03 Å². The maximum Gasteiger partial charge on any atom is 0.317 e. The zero-order valence-corrected chi connectivity index (χ0v) is 14.0. The van der Waals surface area contributed by atoms with Crippen LogP contribution in [0.2, 0.25) is 0 Å². The molecular weight excluding hydrogens is 264 g/mol. The van der Waals surface area contributed by atoms with Gasteiger partial charge in [0.05, 0.1) is 0 Å². The number of hydrogen-bond donors (Lipinski definition) is 2. The first-order chi connectivity index (χ1) is 9.97. The molecule has 0 aliphatic carbocycles. The minimum Gasteiger partial charge on any atom is -0.337 e. The number of likely N-dealkylation sites (tertiary alicyclic amines) is 1. The maximum absolute atomic E-state index is 12.2. The van der Waals surface area contributed by atoms with Gasteiger partial charge in [-0.3, -0.25) is 4.90 Å². The van der Waals surface area contributed by atoms with Gasteiger partial charge in [0.1, 0.15) is 0 Å². The van der Waals surface area contributed by atoms with E-state index in [1.807, 2.05) is 4.90 Å². The predicted molar refractivity (Wildman–Crippen MR) is 86.5 cm³/mol. The number of nitrogens with zero attached hydrogens (tertiary/aromatic N) is 2. The second kappa shape index (κ2) is 7.45. The van der Waals surface area contributed by atoms with Crippen molar-refractivity contribution in [3.8, 4) is 0 Å². The van der Waals surface area contributed by atoms with Crippen LogP contribution < -0.4 is 10.6 Å². The maximum atomic E-state index is 12.2. The molecule has 0 spiro atoms. The van der Waals surface area contributed by atoms with Crippen LogP contribution in [0.1, 0.15) is 33.6 Å². The predicted octanol–water partition coefficient (Wildman–Crippen LogP) is 1.36. The fourth-order valence-electron chi connectivity index (χ4n) is 3.32. The molecule has 0 saturated carbocycles. The van der Waals surface area contributed by atoms with Crippen LogP contribution in [0.25, 0.3) is 0 Å². The van der Waals surface area contributed by atoms with Crippen LogP contribution in [0, 0.1) is 11.3 Å². The highest BCUT2D eigenvalue weighted by atomic mass is 16.2. The Morgan fingerprint density at radius 1 is 1.14 bits per heavy atom. The molecule has 2 amide bonds.